The Morgan fingerprint density at radius 3 is 0.946 bits per heavy atom. The van der Waals surface area contributed by atoms with E-state index in [2.05, 4.69) is 313 Å². The SMILES string of the molecule is CCC/C=C/C/C=C/CCCCCCCc1cccc(Oc2ccc3c(c2)C2=NC4=[N+]5C(=NC6c7cc(Oc8cccc(CCCCCCC/C=C/C/C=C/CCC)c8)ccc7C7=NC8=[N+]9C(=NC3=[N+]2C95N76)c2ccc(Oc3cccc(CCCCCCC/C=C/C/C=C/CCC)c3)cc28)c2cc(Oc3cccc(CCCCCCC/C=C/C/C=C/CCC)c3)ccc24)c1. The number of amidine groups is 7. The van der Waals surface area contributed by atoms with Crippen LogP contribution in [0.1, 0.15) is 332 Å². The van der Waals surface area contributed by atoms with Crippen LogP contribution in [0, 0.1) is 0 Å². The number of hydrogen-bond donors (Lipinski definition) is 0. The summed E-state index contributed by atoms with van der Waals surface area (Å²) in [6, 6.07) is 60.8. The van der Waals surface area contributed by atoms with E-state index >= 15 is 0 Å². The molecular weight excluding hydrogens is 1580 g/mol. The van der Waals surface area contributed by atoms with Crippen LogP contribution in [0.2, 0.25) is 0 Å². The highest BCUT2D eigenvalue weighted by Gasteiger charge is 2.78. The highest BCUT2D eigenvalue weighted by Crippen LogP contribution is 2.55. The van der Waals surface area contributed by atoms with Gasteiger partial charge in [0.05, 0.1) is 33.4 Å². The summed E-state index contributed by atoms with van der Waals surface area (Å²) in [6.45, 7) is 8.93. The van der Waals surface area contributed by atoms with Gasteiger partial charge in [-0.1, -0.05) is 291 Å². The van der Waals surface area contributed by atoms with Crippen molar-refractivity contribution in [2.75, 3.05) is 0 Å². The van der Waals surface area contributed by atoms with Crippen LogP contribution < -0.4 is 18.9 Å². The van der Waals surface area contributed by atoms with Gasteiger partial charge in [0.15, 0.2) is 0 Å². The molecule has 0 bridgehead atoms. The third-order valence-corrected chi connectivity index (χ3v) is 25.9. The fraction of sp³-hybridized carbons (Fsp3) is 0.393. The lowest BCUT2D eigenvalue weighted by Crippen LogP contribution is -2.78. The Hall–Kier alpha value is -11.6. The van der Waals surface area contributed by atoms with E-state index in [1.54, 1.807) is 0 Å². The first kappa shape index (κ1) is 90.7. The van der Waals surface area contributed by atoms with Crippen LogP contribution in [-0.2, 0) is 25.7 Å². The van der Waals surface area contributed by atoms with Gasteiger partial charge in [-0.2, -0.15) is 0 Å². The van der Waals surface area contributed by atoms with E-state index < -0.39 is 12.1 Å². The number of nitrogens with zero attached hydrogens (tertiary/aromatic N) is 8. The summed E-state index contributed by atoms with van der Waals surface area (Å²) in [4.78, 5) is 26.4. The molecule has 8 aromatic carbocycles. The lowest BCUT2D eigenvalue weighted by atomic mass is 10.0. The topological polar surface area (TPSA) is 98.6 Å². The lowest BCUT2D eigenvalue weighted by molar-refractivity contribution is -0.946. The molecule has 0 saturated heterocycles. The van der Waals surface area contributed by atoms with Gasteiger partial charge in [-0.3, -0.25) is 0 Å². The van der Waals surface area contributed by atoms with Gasteiger partial charge in [-0.15, -0.1) is 18.7 Å². The number of allylic oxidation sites excluding steroid dienone is 16. The van der Waals surface area contributed by atoms with Crippen LogP contribution in [0.4, 0.5) is 0 Å². The van der Waals surface area contributed by atoms with Crippen molar-refractivity contribution in [1.82, 2.24) is 4.90 Å². The molecule has 0 fully saturated rings. The predicted molar refractivity (Wildman–Crippen MR) is 535 cm³/mol. The predicted octanol–water partition coefficient (Wildman–Crippen LogP) is 31.0. The van der Waals surface area contributed by atoms with Crippen LogP contribution in [0.25, 0.3) is 0 Å². The first-order valence-electron chi connectivity index (χ1n) is 49.9. The first-order chi connectivity index (χ1) is 63.9. The van der Waals surface area contributed by atoms with Gasteiger partial charge < -0.3 is 18.9 Å². The average Bonchev–Trinajstić information content (AvgIpc) is 1.46. The molecule has 0 radical (unpaired) electrons. The molecule has 8 aliphatic heterocycles. The molecule has 0 amide bonds. The largest absolute Gasteiger partial charge is 0.457 e. The van der Waals surface area contributed by atoms with Crippen molar-refractivity contribution in [2.24, 2.45) is 20.0 Å². The molecule has 129 heavy (non-hydrogen) atoms. The summed E-state index contributed by atoms with van der Waals surface area (Å²) in [7, 11) is 0. The molecule has 8 aromatic rings. The van der Waals surface area contributed by atoms with Gasteiger partial charge in [-0.05, 0) is 298 Å². The first-order valence-corrected chi connectivity index (χ1v) is 49.9. The lowest BCUT2D eigenvalue weighted by Gasteiger charge is -2.45. The highest BCUT2D eigenvalue weighted by atomic mass is 16.5. The van der Waals surface area contributed by atoms with Crippen molar-refractivity contribution >= 4 is 40.8 Å². The van der Waals surface area contributed by atoms with E-state index in [4.69, 9.17) is 38.9 Å². The maximum atomic E-state index is 7.06. The number of fused-ring (bicyclic) bond motifs is 12. The van der Waals surface area contributed by atoms with Crippen molar-refractivity contribution in [3.05, 3.63) is 334 Å². The maximum Gasteiger partial charge on any atom is 0.445 e. The van der Waals surface area contributed by atoms with Crippen molar-refractivity contribution in [3.8, 4) is 46.0 Å². The zero-order valence-corrected chi connectivity index (χ0v) is 77.5. The summed E-state index contributed by atoms with van der Waals surface area (Å²) in [5.74, 6) is 10.3. The van der Waals surface area contributed by atoms with Crippen LogP contribution in [0.3, 0.4) is 0 Å². The molecular formula is C117H137N8O4+3. The van der Waals surface area contributed by atoms with Gasteiger partial charge in [0.1, 0.15) is 46.0 Å². The van der Waals surface area contributed by atoms with Gasteiger partial charge in [0.2, 0.25) is 12.0 Å². The molecule has 0 N–H and O–H groups in total. The second-order valence-corrected chi connectivity index (χ2v) is 36.0. The Kier molecular flexibility index (Phi) is 32.7. The number of rotatable bonds is 56. The monoisotopic (exact) mass is 1720 g/mol. The number of aryl methyl sites for hydroxylation is 4. The Morgan fingerprint density at radius 2 is 0.566 bits per heavy atom. The Balaban J connectivity index is 0.708. The molecule has 2 atom stereocenters. The van der Waals surface area contributed by atoms with Gasteiger partial charge in [0.25, 0.3) is 35.0 Å². The second-order valence-electron chi connectivity index (χ2n) is 36.0. The molecule has 0 aromatic heterocycles. The summed E-state index contributed by atoms with van der Waals surface area (Å²) in [5, 5.41) is 0. The maximum absolute atomic E-state index is 7.06. The smallest absolute Gasteiger partial charge is 0.445 e. The Bertz CT molecular complexity index is 5710. The Morgan fingerprint density at radius 1 is 0.271 bits per heavy atom. The molecule has 8 heterocycles. The number of aliphatic imine (C=N–C) groups is 4. The third kappa shape index (κ3) is 22.5. The molecule has 1 spiro atoms. The fourth-order valence-corrected chi connectivity index (χ4v) is 19.2. The van der Waals surface area contributed by atoms with Crippen LogP contribution >= 0.6 is 0 Å². The average molecular weight is 1720 g/mol. The van der Waals surface area contributed by atoms with Crippen molar-refractivity contribution < 1.29 is 32.7 Å². The number of unbranched alkanes of at least 4 members (excludes halogenated alkanes) is 24. The van der Waals surface area contributed by atoms with Gasteiger partial charge >= 0.3 is 5.91 Å². The number of benzene rings is 8. The van der Waals surface area contributed by atoms with Crippen LogP contribution in [0.5, 0.6) is 46.0 Å². The second kappa shape index (κ2) is 46.6. The molecule has 12 nitrogen and oxygen atoms in total. The molecule has 0 aliphatic carbocycles. The molecule has 0 saturated carbocycles. The molecule has 12 heteroatoms. The quantitative estimate of drug-likeness (QED) is 0.0215. The van der Waals surface area contributed by atoms with Crippen molar-refractivity contribution in [1.29, 1.82) is 0 Å². The molecule has 8 aliphatic rings. The van der Waals surface area contributed by atoms with E-state index in [0.29, 0.717) is 0 Å². The summed E-state index contributed by atoms with van der Waals surface area (Å²) >= 11 is 0. The minimum atomic E-state index is -1.28. The summed E-state index contributed by atoms with van der Waals surface area (Å²) in [6.07, 6.45) is 83.1. The van der Waals surface area contributed by atoms with E-state index in [1.807, 2.05) is 0 Å². The van der Waals surface area contributed by atoms with Crippen LogP contribution in [0.15, 0.2) is 287 Å². The van der Waals surface area contributed by atoms with Gasteiger partial charge in [0, 0.05) is 11.1 Å². The van der Waals surface area contributed by atoms with Crippen molar-refractivity contribution in [2.45, 2.75) is 297 Å². The third-order valence-electron chi connectivity index (χ3n) is 25.9. The van der Waals surface area contributed by atoms with Crippen LogP contribution in [-0.4, -0.2) is 65.4 Å². The normalized spacial score (nSPS) is 16.5. The van der Waals surface area contributed by atoms with E-state index in [0.717, 1.165) is 247 Å². The van der Waals surface area contributed by atoms with E-state index in [1.165, 1.54) is 164 Å². The zero-order chi connectivity index (χ0) is 88.0. The molecule has 666 valence electrons. The minimum absolute atomic E-state index is 0.603. The molecule has 2 unspecified atom stereocenters. The summed E-state index contributed by atoms with van der Waals surface area (Å²) in [5.41, 5.74) is 12.7. The molecule has 16 rings (SSSR count). The Labute approximate surface area is 770 Å². The number of ether oxygens (including phenoxy) is 4. The fourth-order valence-electron chi connectivity index (χ4n) is 19.2. The minimum Gasteiger partial charge on any atom is -0.457 e. The summed E-state index contributed by atoms with van der Waals surface area (Å²) < 4.78 is 35.3. The van der Waals surface area contributed by atoms with E-state index in [9.17, 15) is 0 Å². The zero-order valence-electron chi connectivity index (χ0n) is 77.5. The van der Waals surface area contributed by atoms with Gasteiger partial charge in [-0.25, -0.2) is 4.90 Å². The van der Waals surface area contributed by atoms with Crippen molar-refractivity contribution in [3.63, 3.8) is 0 Å². The number of hydrogen-bond acceptors (Lipinski definition) is 9. The standard InChI is InChI=1S/C117H137N8O4/c1-5-9-13-17-21-25-29-33-37-41-45-49-53-61-89-65-57-69-93(81-89)126-97-73-77-101-105(85-97)113-119-111-103-79-75-99(128-95-71-59-67-91(83-95)63-55-51-47-43-39-35-31-27-23-19-15-11-7-3)87-107(103)115-121-116-108-88-100(129-96-72-60-68-92(84-96)64-56-52-48-44-40-36-32-28-24-20-16-12-8-4)76-80-104(108)112-120-114-106-86-98(74-78-102(106)110-118-109(101)122(113)117(123(110)114,124(111)115)125(112)116)127-94-70-58-66-90(82-94)62-54-50-46-42-38-34-30-26-22-18-14-10-6-2/h13-20,25-32,57-60,65-88,115H,5-12,21-24,33-56,61-64H2,1-4H3/q+3/b17-13+,18-14+,19-15+,20-16+,29-25+,30-26+,31-27+,32-28+. The highest BCUT2D eigenvalue weighted by molar-refractivity contribution is 6.28. The van der Waals surface area contributed by atoms with E-state index in [-0.39, 0.29) is 0 Å².